The van der Waals surface area contributed by atoms with Crippen molar-refractivity contribution in [3.8, 4) is 0 Å². The highest BCUT2D eigenvalue weighted by atomic mass is 35.5. The maximum Gasteiger partial charge on any atom is 0.230 e. The third-order valence-corrected chi connectivity index (χ3v) is 6.44. The van der Waals surface area contributed by atoms with E-state index in [-0.39, 0.29) is 22.0 Å². The van der Waals surface area contributed by atoms with Crippen molar-refractivity contribution in [3.05, 3.63) is 29.8 Å². The Morgan fingerprint density at radius 3 is 2.48 bits per heavy atom. The summed E-state index contributed by atoms with van der Waals surface area (Å²) in [4.78, 5) is 24.4. The molecule has 4 aliphatic rings. The van der Waals surface area contributed by atoms with Crippen LogP contribution in [0.4, 0.5) is 5.69 Å². The molecule has 0 saturated heterocycles. The van der Waals surface area contributed by atoms with Gasteiger partial charge in [-0.25, -0.2) is 0 Å². The molecule has 0 spiro atoms. The molecule has 23 heavy (non-hydrogen) atoms. The molecular weight excluding hydrogens is 310 g/mol. The van der Waals surface area contributed by atoms with E-state index >= 15 is 0 Å². The summed E-state index contributed by atoms with van der Waals surface area (Å²) in [6, 6.07) is 7.20. The second-order valence-electron chi connectivity index (χ2n) is 7.98. The number of halogens is 1. The van der Waals surface area contributed by atoms with Gasteiger partial charge in [0.2, 0.25) is 5.91 Å². The van der Waals surface area contributed by atoms with E-state index in [0.29, 0.717) is 23.1 Å². The van der Waals surface area contributed by atoms with E-state index in [2.05, 4.69) is 5.32 Å². The van der Waals surface area contributed by atoms with Crippen LogP contribution in [0.2, 0.25) is 0 Å². The molecule has 1 aromatic carbocycles. The Bertz CT molecular complexity index is 670. The fourth-order valence-electron chi connectivity index (χ4n) is 5.50. The Labute approximate surface area is 141 Å². The van der Waals surface area contributed by atoms with E-state index in [1.807, 2.05) is 12.1 Å². The number of anilines is 1. The van der Waals surface area contributed by atoms with Gasteiger partial charge in [0.15, 0.2) is 5.78 Å². The summed E-state index contributed by atoms with van der Waals surface area (Å²) in [5.74, 6) is 1.30. The third-order valence-electron chi connectivity index (χ3n) is 6.00. The van der Waals surface area contributed by atoms with Crippen LogP contribution < -0.4 is 5.32 Å². The van der Waals surface area contributed by atoms with Crippen LogP contribution in [0, 0.1) is 17.3 Å². The van der Waals surface area contributed by atoms with E-state index in [0.717, 1.165) is 32.1 Å². The number of alkyl halides is 1. The van der Waals surface area contributed by atoms with Crippen molar-refractivity contribution in [1.29, 1.82) is 0 Å². The molecule has 4 bridgehead atoms. The number of rotatable bonds is 3. The molecule has 5 rings (SSSR count). The Hall–Kier alpha value is -1.35. The molecule has 1 amide bonds. The predicted octanol–water partition coefficient (Wildman–Crippen LogP) is 4.41. The average Bonchev–Trinajstić information content (AvgIpc) is 2.44. The maximum absolute atomic E-state index is 13.0. The van der Waals surface area contributed by atoms with E-state index in [4.69, 9.17) is 11.6 Å². The van der Waals surface area contributed by atoms with Crippen molar-refractivity contribution >= 4 is 29.0 Å². The summed E-state index contributed by atoms with van der Waals surface area (Å²) in [6.45, 7) is 1.54. The summed E-state index contributed by atoms with van der Waals surface area (Å²) in [5.41, 5.74) is 1.03. The zero-order valence-corrected chi connectivity index (χ0v) is 14.2. The lowest BCUT2D eigenvalue weighted by Crippen LogP contribution is -2.57. The summed E-state index contributed by atoms with van der Waals surface area (Å²) in [5, 5.41) is 3.06. The van der Waals surface area contributed by atoms with Crippen molar-refractivity contribution in [2.24, 2.45) is 17.3 Å². The number of hydrogen-bond donors (Lipinski definition) is 1. The van der Waals surface area contributed by atoms with Crippen LogP contribution in [0.5, 0.6) is 0 Å². The molecule has 4 heteroatoms. The first-order valence-corrected chi connectivity index (χ1v) is 8.87. The summed E-state index contributed by atoms with van der Waals surface area (Å²) >= 11 is 6.81. The molecule has 2 unspecified atom stereocenters. The first-order valence-electron chi connectivity index (χ1n) is 8.49. The van der Waals surface area contributed by atoms with Crippen LogP contribution in [0.1, 0.15) is 55.8 Å². The van der Waals surface area contributed by atoms with Gasteiger partial charge >= 0.3 is 0 Å². The normalized spacial score (nSPS) is 37.7. The summed E-state index contributed by atoms with van der Waals surface area (Å²) < 4.78 is 0. The lowest BCUT2D eigenvalue weighted by atomic mass is 9.49. The average molecular weight is 332 g/mol. The van der Waals surface area contributed by atoms with E-state index in [1.165, 1.54) is 13.3 Å². The molecule has 1 N–H and O–H groups in total. The van der Waals surface area contributed by atoms with Gasteiger partial charge in [-0.05, 0) is 69.4 Å². The summed E-state index contributed by atoms with van der Waals surface area (Å²) in [6.07, 6.45) is 6.11. The minimum Gasteiger partial charge on any atom is -0.326 e. The largest absolute Gasteiger partial charge is 0.326 e. The van der Waals surface area contributed by atoms with Gasteiger partial charge < -0.3 is 5.32 Å². The van der Waals surface area contributed by atoms with Gasteiger partial charge in [-0.15, -0.1) is 11.6 Å². The van der Waals surface area contributed by atoms with Crippen molar-refractivity contribution in [1.82, 2.24) is 0 Å². The van der Waals surface area contributed by atoms with E-state index in [9.17, 15) is 9.59 Å². The lowest BCUT2D eigenvalue weighted by molar-refractivity contribution is -0.138. The van der Waals surface area contributed by atoms with Crippen molar-refractivity contribution in [3.63, 3.8) is 0 Å². The Morgan fingerprint density at radius 2 is 1.87 bits per heavy atom. The number of amides is 1. The smallest absolute Gasteiger partial charge is 0.230 e. The zero-order chi connectivity index (χ0) is 16.2. The molecule has 2 atom stereocenters. The van der Waals surface area contributed by atoms with Crippen LogP contribution in [0.15, 0.2) is 24.3 Å². The molecule has 4 aliphatic carbocycles. The quantitative estimate of drug-likeness (QED) is 0.659. The standard InChI is InChI=1S/C19H22ClNO2/c1-12(22)15-3-2-4-16(6-15)21-17(23)18-7-13-5-14(8-18)10-19(20,9-13)11-18/h2-4,6,13-14H,5,7-11H2,1H3,(H,21,23). The van der Waals surface area contributed by atoms with Gasteiger partial charge in [0.25, 0.3) is 0 Å². The number of ketones is 1. The van der Waals surface area contributed by atoms with Crippen molar-refractivity contribution in [2.75, 3.05) is 5.32 Å². The van der Waals surface area contributed by atoms with E-state index < -0.39 is 0 Å². The van der Waals surface area contributed by atoms with Gasteiger partial charge in [0, 0.05) is 16.1 Å². The third kappa shape index (κ3) is 2.59. The fraction of sp³-hybridized carbons (Fsp3) is 0.579. The van der Waals surface area contributed by atoms with Crippen molar-refractivity contribution < 1.29 is 9.59 Å². The molecule has 0 aliphatic heterocycles. The number of benzene rings is 1. The predicted molar refractivity (Wildman–Crippen MR) is 90.8 cm³/mol. The minimum absolute atomic E-state index is 0.00983. The number of carbonyl (C=O) groups excluding carboxylic acids is 2. The molecule has 4 fully saturated rings. The minimum atomic E-state index is -0.307. The Morgan fingerprint density at radius 1 is 1.17 bits per heavy atom. The van der Waals surface area contributed by atoms with Gasteiger partial charge in [-0.2, -0.15) is 0 Å². The molecule has 4 saturated carbocycles. The molecular formula is C19H22ClNO2. The second-order valence-corrected chi connectivity index (χ2v) is 8.79. The molecule has 1 aromatic rings. The molecule has 3 nitrogen and oxygen atoms in total. The highest BCUT2D eigenvalue weighted by molar-refractivity contribution is 6.24. The zero-order valence-electron chi connectivity index (χ0n) is 13.4. The summed E-state index contributed by atoms with van der Waals surface area (Å²) in [7, 11) is 0. The number of hydrogen-bond acceptors (Lipinski definition) is 2. The Kier molecular flexibility index (Phi) is 3.35. The van der Waals surface area contributed by atoms with Gasteiger partial charge in [0.05, 0.1) is 5.41 Å². The molecule has 122 valence electrons. The van der Waals surface area contributed by atoms with Crippen molar-refractivity contribution in [2.45, 2.75) is 50.3 Å². The van der Waals surface area contributed by atoms with Crippen LogP contribution in [-0.2, 0) is 4.79 Å². The van der Waals surface area contributed by atoms with Gasteiger partial charge in [0.1, 0.15) is 0 Å². The van der Waals surface area contributed by atoms with Crippen LogP contribution in [0.25, 0.3) is 0 Å². The highest BCUT2D eigenvalue weighted by Crippen LogP contribution is 2.64. The second kappa shape index (κ2) is 5.07. The first-order chi connectivity index (χ1) is 10.9. The van der Waals surface area contributed by atoms with Gasteiger partial charge in [-0.1, -0.05) is 12.1 Å². The lowest BCUT2D eigenvalue weighted by Gasteiger charge is -2.59. The number of carbonyl (C=O) groups is 2. The fourth-order valence-corrected chi connectivity index (χ4v) is 6.19. The first kappa shape index (κ1) is 15.2. The van der Waals surface area contributed by atoms with Gasteiger partial charge in [-0.3, -0.25) is 9.59 Å². The van der Waals surface area contributed by atoms with Crippen LogP contribution >= 0.6 is 11.6 Å². The monoisotopic (exact) mass is 331 g/mol. The SMILES string of the molecule is CC(=O)c1cccc(NC(=O)C23CC4CC(CC(Cl)(C4)C2)C3)c1. The molecule has 0 aromatic heterocycles. The van der Waals surface area contributed by atoms with Crippen LogP contribution in [-0.4, -0.2) is 16.6 Å². The maximum atomic E-state index is 13.0. The molecule has 0 heterocycles. The number of Topliss-reactive ketones (excluding diaryl/α,β-unsaturated/α-hetero) is 1. The topological polar surface area (TPSA) is 46.2 Å². The number of nitrogens with one attached hydrogen (secondary N) is 1. The highest BCUT2D eigenvalue weighted by Gasteiger charge is 2.60. The van der Waals surface area contributed by atoms with E-state index in [1.54, 1.807) is 12.1 Å². The Balaban J connectivity index is 1.58. The molecule has 0 radical (unpaired) electrons. The van der Waals surface area contributed by atoms with Crippen LogP contribution in [0.3, 0.4) is 0 Å².